The fraction of sp³-hybridized carbons (Fsp3) is 0.761. The first-order valence-corrected chi connectivity index (χ1v) is 25.1. The fourth-order valence-corrected chi connectivity index (χ4v) is 10.8. The third-order valence-corrected chi connectivity index (χ3v) is 14.9. The van der Waals surface area contributed by atoms with E-state index in [1.165, 1.54) is 0 Å². The molecule has 0 saturated carbocycles. The number of benzene rings is 1. The van der Waals surface area contributed by atoms with E-state index in [0.717, 1.165) is 18.4 Å². The number of guanidine groups is 1. The van der Waals surface area contributed by atoms with Crippen LogP contribution >= 0.6 is 7.37 Å². The predicted molar refractivity (Wildman–Crippen MR) is 257 cm³/mol. The molecule has 0 radical (unpaired) electrons. The van der Waals surface area contributed by atoms with Gasteiger partial charge in [-0.3, -0.25) is 23.7 Å². The van der Waals surface area contributed by atoms with Crippen LogP contribution in [0.4, 0.5) is 0 Å². The highest BCUT2D eigenvalue weighted by Gasteiger charge is 2.42. The molecule has 1 saturated heterocycles. The number of Topliss-reactive ketones (excluding diaryl/α,β-unsaturated/α-hetero) is 1. The number of methoxy groups -OCH3 is 1. The Kier molecular flexibility index (Phi) is 25.4. The molecule has 0 bridgehead atoms. The Balaban J connectivity index is 2.20. The van der Waals surface area contributed by atoms with Crippen molar-refractivity contribution < 1.29 is 38.1 Å². The molecule has 1 heterocycles. The Bertz CT molecular complexity index is 1750. The normalized spacial score (nSPS) is 17.9. The van der Waals surface area contributed by atoms with Gasteiger partial charge in [0.2, 0.25) is 25.1 Å². The van der Waals surface area contributed by atoms with Crippen molar-refractivity contribution in [2.45, 2.75) is 122 Å². The lowest BCUT2D eigenvalue weighted by Crippen LogP contribution is -2.57. The van der Waals surface area contributed by atoms with E-state index in [1.807, 2.05) is 108 Å². The Labute approximate surface area is 388 Å². The standard InChI is InChI=1S/C46H81N10O8P/c1-13-33(4)43(55(11)45(60)42(32(2)3)51-46(53(7)8)54(9)10)37(48-6)30-41(59)56-26-18-22-38(56)44(63-12)34(5)39(57)23-17-21-36(29-35-19-15-14-16-20-35)65(61,62)31-40(58)49-24-27-64-28-25-50-52-47/h14-16,19-20,32-34,36-38,42-44,48H,13,17-18,21-31H2,1-12H3,(H,49,58)(H,61,62)/t33-,34-,36-,37+,38-,42-,43-,44+/m0/s1. The number of hydrogen-bond donors (Lipinski definition) is 3. The number of ether oxygens (including phenoxy) is 2. The first kappa shape index (κ1) is 57.1. The zero-order valence-electron chi connectivity index (χ0n) is 41.3. The summed E-state index contributed by atoms with van der Waals surface area (Å²) in [6, 6.07) is 7.68. The Hall–Kier alpha value is -4.05. The van der Waals surface area contributed by atoms with Gasteiger partial charge in [0.05, 0.1) is 25.4 Å². The Morgan fingerprint density at radius 2 is 1.71 bits per heavy atom. The molecular formula is C46H81N10O8P. The highest BCUT2D eigenvalue weighted by atomic mass is 31.2. The molecule has 9 atom stereocenters. The van der Waals surface area contributed by atoms with E-state index in [1.54, 1.807) is 12.0 Å². The van der Waals surface area contributed by atoms with Gasteiger partial charge in [0.1, 0.15) is 18.0 Å². The predicted octanol–water partition coefficient (Wildman–Crippen LogP) is 5.05. The van der Waals surface area contributed by atoms with Crippen molar-refractivity contribution in [1.82, 2.24) is 30.2 Å². The second kappa shape index (κ2) is 28.9. The summed E-state index contributed by atoms with van der Waals surface area (Å²) in [6.07, 6.45) is 2.21. The molecule has 0 spiro atoms. The number of ketones is 1. The van der Waals surface area contributed by atoms with E-state index in [2.05, 4.69) is 34.5 Å². The SMILES string of the molecule is CC[C@H](C)[C@@H]([C@@H](CC(=O)N1CCC[C@H]1[C@H](OC)[C@@H](C)C(=O)CCC[C@@H](Cc1ccccc1)P(=O)(O)CC(=O)NCCOCCN=[N+]=[N-])NC)N(C)C(=O)[C@@H](N=C(N(C)C)N(C)C)C(C)C. The van der Waals surface area contributed by atoms with Crippen molar-refractivity contribution in [2.75, 3.05) is 88.4 Å². The number of carbonyl (C=O) groups excluding carboxylic acids is 4. The van der Waals surface area contributed by atoms with Crippen LogP contribution in [-0.2, 0) is 39.6 Å². The number of aliphatic imine (C=N–C) groups is 1. The van der Waals surface area contributed by atoms with Crippen LogP contribution in [0.5, 0.6) is 0 Å². The maximum absolute atomic E-state index is 14.4. The lowest BCUT2D eigenvalue weighted by atomic mass is 9.87. The molecule has 3 amide bonds. The van der Waals surface area contributed by atoms with E-state index in [9.17, 15) is 28.6 Å². The number of nitrogens with zero attached hydrogens (tertiary/aromatic N) is 8. The van der Waals surface area contributed by atoms with Gasteiger partial charge >= 0.3 is 0 Å². The van der Waals surface area contributed by atoms with Crippen molar-refractivity contribution >= 4 is 36.8 Å². The summed E-state index contributed by atoms with van der Waals surface area (Å²) < 4.78 is 25.2. The summed E-state index contributed by atoms with van der Waals surface area (Å²) in [4.78, 5) is 81.7. The first-order valence-electron chi connectivity index (χ1n) is 23.2. The highest BCUT2D eigenvalue weighted by Crippen LogP contribution is 2.49. The molecule has 1 aliphatic rings. The monoisotopic (exact) mass is 933 g/mol. The van der Waals surface area contributed by atoms with Crippen LogP contribution in [0.15, 0.2) is 40.4 Å². The van der Waals surface area contributed by atoms with Gasteiger partial charge in [0, 0.05) is 103 Å². The molecule has 1 aromatic rings. The van der Waals surface area contributed by atoms with Gasteiger partial charge in [0.25, 0.3) is 0 Å². The van der Waals surface area contributed by atoms with Crippen LogP contribution in [0.2, 0.25) is 0 Å². The van der Waals surface area contributed by atoms with Gasteiger partial charge in [-0.15, -0.1) is 0 Å². The van der Waals surface area contributed by atoms with Crippen molar-refractivity contribution in [3.05, 3.63) is 46.3 Å². The minimum absolute atomic E-state index is 0.0595. The van der Waals surface area contributed by atoms with Crippen molar-refractivity contribution in [3.8, 4) is 0 Å². The Morgan fingerprint density at radius 1 is 1.05 bits per heavy atom. The van der Waals surface area contributed by atoms with E-state index in [0.29, 0.717) is 25.3 Å². The van der Waals surface area contributed by atoms with E-state index in [-0.39, 0.29) is 99.5 Å². The summed E-state index contributed by atoms with van der Waals surface area (Å²) in [5.41, 5.74) is 8.47. The van der Waals surface area contributed by atoms with Gasteiger partial charge in [-0.25, -0.2) is 4.99 Å². The van der Waals surface area contributed by atoms with Crippen molar-refractivity contribution in [1.29, 1.82) is 0 Å². The van der Waals surface area contributed by atoms with Gasteiger partial charge in [-0.1, -0.05) is 76.5 Å². The molecule has 0 aliphatic carbocycles. The van der Waals surface area contributed by atoms with Crippen LogP contribution < -0.4 is 10.6 Å². The summed E-state index contributed by atoms with van der Waals surface area (Å²) >= 11 is 0. The van der Waals surface area contributed by atoms with Crippen molar-refractivity contribution in [2.24, 2.45) is 27.9 Å². The number of amides is 3. The zero-order valence-corrected chi connectivity index (χ0v) is 42.2. The third-order valence-electron chi connectivity index (χ3n) is 12.6. The molecule has 0 aromatic heterocycles. The van der Waals surface area contributed by atoms with Crippen LogP contribution in [0.1, 0.15) is 85.1 Å². The number of carbonyl (C=O) groups is 4. The molecular weight excluding hydrogens is 852 g/mol. The van der Waals surface area contributed by atoms with E-state index in [4.69, 9.17) is 20.0 Å². The largest absolute Gasteiger partial charge is 0.379 e. The molecule has 1 unspecified atom stereocenters. The molecule has 1 aromatic carbocycles. The van der Waals surface area contributed by atoms with Crippen molar-refractivity contribution in [3.63, 3.8) is 0 Å². The molecule has 2 rings (SSSR count). The van der Waals surface area contributed by atoms with Crippen LogP contribution in [-0.4, -0.2) is 178 Å². The molecule has 65 heavy (non-hydrogen) atoms. The molecule has 19 heteroatoms. The lowest BCUT2D eigenvalue weighted by molar-refractivity contribution is -0.141. The smallest absolute Gasteiger partial charge is 0.247 e. The van der Waals surface area contributed by atoms with Gasteiger partial charge in [-0.05, 0) is 62.1 Å². The van der Waals surface area contributed by atoms with Gasteiger partial charge in [0.15, 0.2) is 5.96 Å². The molecule has 3 N–H and O–H groups in total. The van der Waals surface area contributed by atoms with E-state index < -0.39 is 43.2 Å². The average molecular weight is 933 g/mol. The van der Waals surface area contributed by atoms with Gasteiger partial charge < -0.3 is 44.6 Å². The minimum atomic E-state index is -4.03. The molecule has 1 fully saturated rings. The maximum atomic E-state index is 14.4. The van der Waals surface area contributed by atoms with Crippen LogP contribution in [0.25, 0.3) is 10.4 Å². The molecule has 1 aliphatic heterocycles. The second-order valence-electron chi connectivity index (χ2n) is 18.1. The number of rotatable bonds is 29. The fourth-order valence-electron chi connectivity index (χ4n) is 8.89. The summed E-state index contributed by atoms with van der Waals surface area (Å²) in [5, 5.41) is 9.39. The maximum Gasteiger partial charge on any atom is 0.247 e. The zero-order chi connectivity index (χ0) is 48.9. The minimum Gasteiger partial charge on any atom is -0.379 e. The quantitative estimate of drug-likeness (QED) is 0.0184. The van der Waals surface area contributed by atoms with Gasteiger partial charge in [-0.2, -0.15) is 0 Å². The second-order valence-corrected chi connectivity index (χ2v) is 20.7. The highest BCUT2D eigenvalue weighted by molar-refractivity contribution is 7.59. The Morgan fingerprint density at radius 3 is 2.28 bits per heavy atom. The third kappa shape index (κ3) is 17.9. The number of likely N-dealkylation sites (tertiary alicyclic amines) is 1. The number of azide groups is 1. The number of likely N-dealkylation sites (N-methyl/N-ethyl adjacent to an activating group) is 2. The van der Waals surface area contributed by atoms with Crippen LogP contribution in [0, 0.1) is 17.8 Å². The van der Waals surface area contributed by atoms with Crippen LogP contribution in [0.3, 0.4) is 0 Å². The summed E-state index contributed by atoms with van der Waals surface area (Å²) in [6.45, 7) is 11.2. The van der Waals surface area contributed by atoms with E-state index >= 15 is 0 Å². The average Bonchev–Trinajstić information content (AvgIpc) is 3.75. The topological polar surface area (TPSA) is 222 Å². The number of hydrogen-bond acceptors (Lipinski definition) is 10. The lowest BCUT2D eigenvalue weighted by Gasteiger charge is -2.41. The first-order chi connectivity index (χ1) is 30.7. The summed E-state index contributed by atoms with van der Waals surface area (Å²) in [5.74, 6) is -0.714. The number of nitrogens with one attached hydrogen (secondary N) is 2. The molecule has 18 nitrogen and oxygen atoms in total. The molecule has 368 valence electrons. The summed E-state index contributed by atoms with van der Waals surface area (Å²) in [7, 11) is 8.78.